The highest BCUT2D eigenvalue weighted by molar-refractivity contribution is 5.77. The van der Waals surface area contributed by atoms with Crippen molar-refractivity contribution >= 4 is 11.6 Å². The molecule has 104 valence electrons. The second-order valence-electron chi connectivity index (χ2n) is 4.96. The lowest BCUT2D eigenvalue weighted by Crippen LogP contribution is -3.08. The highest BCUT2D eigenvalue weighted by Crippen LogP contribution is 2.10. The van der Waals surface area contributed by atoms with Crippen LogP contribution in [0.1, 0.15) is 19.4 Å². The maximum absolute atomic E-state index is 11.6. The maximum atomic E-state index is 11.6. The Hall–Kier alpha value is -1.95. The lowest BCUT2D eigenvalue weighted by Gasteiger charge is -2.15. The Labute approximate surface area is 112 Å². The van der Waals surface area contributed by atoms with Crippen molar-refractivity contribution in [2.24, 2.45) is 0 Å². The summed E-state index contributed by atoms with van der Waals surface area (Å²) < 4.78 is 0. The summed E-state index contributed by atoms with van der Waals surface area (Å²) in [6.45, 7) is 4.88. The number of likely N-dealkylation sites (N-methyl/N-ethyl adjacent to an activating group) is 1. The first-order chi connectivity index (χ1) is 8.88. The molecule has 6 nitrogen and oxygen atoms in total. The Kier molecular flexibility index (Phi) is 5.44. The minimum Gasteiger partial charge on any atom is -0.349 e. The van der Waals surface area contributed by atoms with Gasteiger partial charge in [0.05, 0.1) is 12.0 Å². The Morgan fingerprint density at radius 1 is 1.37 bits per heavy atom. The second-order valence-corrected chi connectivity index (χ2v) is 4.96. The van der Waals surface area contributed by atoms with Gasteiger partial charge in [-0.2, -0.15) is 0 Å². The van der Waals surface area contributed by atoms with E-state index in [0.29, 0.717) is 13.1 Å². The third kappa shape index (κ3) is 5.48. The maximum Gasteiger partial charge on any atom is 0.275 e. The number of nitrogens with one attached hydrogen (secondary N) is 2. The van der Waals surface area contributed by atoms with Crippen molar-refractivity contribution in [3.63, 3.8) is 0 Å². The molecule has 1 atom stereocenters. The van der Waals surface area contributed by atoms with Crippen molar-refractivity contribution in [3.05, 3.63) is 39.9 Å². The molecule has 0 radical (unpaired) electrons. The Morgan fingerprint density at radius 2 is 1.95 bits per heavy atom. The van der Waals surface area contributed by atoms with E-state index >= 15 is 0 Å². The molecular weight excluding hydrogens is 246 g/mol. The van der Waals surface area contributed by atoms with E-state index < -0.39 is 4.92 Å². The minimum atomic E-state index is -0.420. The number of carbonyl (C=O) groups excluding carboxylic acids is 1. The number of amides is 1. The molecule has 0 aliphatic rings. The van der Waals surface area contributed by atoms with Crippen molar-refractivity contribution < 1.29 is 14.6 Å². The zero-order chi connectivity index (χ0) is 14.4. The van der Waals surface area contributed by atoms with Crippen molar-refractivity contribution in [3.8, 4) is 0 Å². The summed E-state index contributed by atoms with van der Waals surface area (Å²) in [6, 6.07) is 6.55. The number of nitro groups is 1. The molecular formula is C13H20N3O3+. The van der Waals surface area contributed by atoms with Crippen LogP contribution in [0.5, 0.6) is 0 Å². The van der Waals surface area contributed by atoms with E-state index in [0.717, 1.165) is 10.5 Å². The summed E-state index contributed by atoms with van der Waals surface area (Å²) in [4.78, 5) is 22.7. The second kappa shape index (κ2) is 6.84. The topological polar surface area (TPSA) is 76.7 Å². The number of nitro benzene ring substituents is 1. The van der Waals surface area contributed by atoms with Crippen LogP contribution in [0.4, 0.5) is 5.69 Å². The molecule has 1 aromatic carbocycles. The van der Waals surface area contributed by atoms with Gasteiger partial charge in [0.25, 0.3) is 11.6 Å². The number of carbonyl (C=O) groups is 1. The number of hydrogen-bond donors (Lipinski definition) is 2. The summed E-state index contributed by atoms with van der Waals surface area (Å²) in [5.41, 5.74) is 1.06. The van der Waals surface area contributed by atoms with Crippen molar-refractivity contribution in [1.82, 2.24) is 5.32 Å². The van der Waals surface area contributed by atoms with E-state index in [1.807, 2.05) is 20.9 Å². The largest absolute Gasteiger partial charge is 0.349 e. The molecule has 6 heteroatoms. The average molecular weight is 266 g/mol. The lowest BCUT2D eigenvalue weighted by molar-refractivity contribution is -0.885. The minimum absolute atomic E-state index is 0.00871. The molecule has 1 aromatic rings. The Bertz CT molecular complexity index is 443. The van der Waals surface area contributed by atoms with Gasteiger partial charge in [-0.15, -0.1) is 0 Å². The van der Waals surface area contributed by atoms with Gasteiger partial charge in [-0.1, -0.05) is 0 Å². The van der Waals surface area contributed by atoms with Gasteiger partial charge in [0, 0.05) is 23.7 Å². The molecule has 0 fully saturated rings. The molecule has 19 heavy (non-hydrogen) atoms. The molecule has 0 aliphatic carbocycles. The van der Waals surface area contributed by atoms with Crippen molar-refractivity contribution in [2.45, 2.75) is 26.4 Å². The van der Waals surface area contributed by atoms with Gasteiger partial charge >= 0.3 is 0 Å². The van der Waals surface area contributed by atoms with Crippen LogP contribution in [0.2, 0.25) is 0 Å². The van der Waals surface area contributed by atoms with Gasteiger partial charge in [-0.3, -0.25) is 14.9 Å². The van der Waals surface area contributed by atoms with Crippen LogP contribution in [0.3, 0.4) is 0 Å². The molecule has 1 amide bonds. The van der Waals surface area contributed by atoms with Crippen LogP contribution >= 0.6 is 0 Å². The SMILES string of the molecule is CC(C)NC(=O)C[NH+](C)Cc1ccc([N+](=O)[O-])cc1. The molecule has 0 spiro atoms. The zero-order valence-corrected chi connectivity index (χ0v) is 11.5. The van der Waals surface area contributed by atoms with Crippen LogP contribution < -0.4 is 10.2 Å². The monoisotopic (exact) mass is 266 g/mol. The summed E-state index contributed by atoms with van der Waals surface area (Å²) >= 11 is 0. The van der Waals surface area contributed by atoms with Crippen LogP contribution in [0.15, 0.2) is 24.3 Å². The summed E-state index contributed by atoms with van der Waals surface area (Å²) in [5.74, 6) is 0.00871. The predicted octanol–water partition coefficient (Wildman–Crippen LogP) is 0.134. The lowest BCUT2D eigenvalue weighted by atomic mass is 10.2. The summed E-state index contributed by atoms with van der Waals surface area (Å²) in [5, 5.41) is 13.4. The van der Waals surface area contributed by atoms with Gasteiger partial charge in [-0.05, 0) is 26.0 Å². The van der Waals surface area contributed by atoms with Gasteiger partial charge in [-0.25, -0.2) is 0 Å². The number of rotatable bonds is 6. The molecule has 2 N–H and O–H groups in total. The van der Waals surface area contributed by atoms with E-state index in [2.05, 4.69) is 5.32 Å². The molecule has 1 rings (SSSR count). The molecule has 0 aliphatic heterocycles. The fourth-order valence-corrected chi connectivity index (χ4v) is 1.79. The number of quaternary nitrogens is 1. The standard InChI is InChI=1S/C13H19N3O3/c1-10(2)14-13(17)9-15(3)8-11-4-6-12(7-5-11)16(18)19/h4-7,10H,8-9H2,1-3H3,(H,14,17)/p+1. The van der Waals surface area contributed by atoms with Crippen LogP contribution in [0.25, 0.3) is 0 Å². The summed E-state index contributed by atoms with van der Waals surface area (Å²) in [6.07, 6.45) is 0. The van der Waals surface area contributed by atoms with Gasteiger partial charge in [0.1, 0.15) is 6.54 Å². The van der Waals surface area contributed by atoms with E-state index in [-0.39, 0.29) is 17.6 Å². The zero-order valence-electron chi connectivity index (χ0n) is 11.5. The Balaban J connectivity index is 2.50. The average Bonchev–Trinajstić information content (AvgIpc) is 2.27. The van der Waals surface area contributed by atoms with E-state index in [1.54, 1.807) is 12.1 Å². The van der Waals surface area contributed by atoms with E-state index in [9.17, 15) is 14.9 Å². The fraction of sp³-hybridized carbons (Fsp3) is 0.462. The summed E-state index contributed by atoms with van der Waals surface area (Å²) in [7, 11) is 1.92. The van der Waals surface area contributed by atoms with Crippen molar-refractivity contribution in [1.29, 1.82) is 0 Å². The third-order valence-corrected chi connectivity index (χ3v) is 2.57. The predicted molar refractivity (Wildman–Crippen MR) is 71.8 cm³/mol. The first-order valence-corrected chi connectivity index (χ1v) is 6.22. The molecule has 0 saturated carbocycles. The quantitative estimate of drug-likeness (QED) is 0.568. The van der Waals surface area contributed by atoms with Crippen LogP contribution in [0, 0.1) is 10.1 Å². The molecule has 0 aromatic heterocycles. The molecule has 1 unspecified atom stereocenters. The smallest absolute Gasteiger partial charge is 0.275 e. The first kappa shape index (κ1) is 15.1. The molecule has 0 bridgehead atoms. The number of nitrogens with zero attached hydrogens (tertiary/aromatic N) is 1. The van der Waals surface area contributed by atoms with Gasteiger partial charge in [0.15, 0.2) is 6.54 Å². The molecule has 0 heterocycles. The fourth-order valence-electron chi connectivity index (χ4n) is 1.79. The highest BCUT2D eigenvalue weighted by atomic mass is 16.6. The third-order valence-electron chi connectivity index (χ3n) is 2.57. The first-order valence-electron chi connectivity index (χ1n) is 6.22. The van der Waals surface area contributed by atoms with Crippen molar-refractivity contribution in [2.75, 3.05) is 13.6 Å². The van der Waals surface area contributed by atoms with Crippen LogP contribution in [-0.2, 0) is 11.3 Å². The van der Waals surface area contributed by atoms with Gasteiger partial charge in [0.2, 0.25) is 0 Å². The molecule has 0 saturated heterocycles. The Morgan fingerprint density at radius 3 is 2.42 bits per heavy atom. The number of non-ortho nitro benzene ring substituents is 1. The van der Waals surface area contributed by atoms with Gasteiger partial charge < -0.3 is 10.2 Å². The van der Waals surface area contributed by atoms with E-state index in [1.165, 1.54) is 12.1 Å². The number of hydrogen-bond acceptors (Lipinski definition) is 3. The normalized spacial score (nSPS) is 12.2. The van der Waals surface area contributed by atoms with Crippen LogP contribution in [-0.4, -0.2) is 30.5 Å². The van der Waals surface area contributed by atoms with E-state index in [4.69, 9.17) is 0 Å². The number of benzene rings is 1. The highest BCUT2D eigenvalue weighted by Gasteiger charge is 2.12.